The Morgan fingerprint density at radius 1 is 1.47 bits per heavy atom. The number of nitrogens with two attached hydrogens (primary N) is 1. The fourth-order valence-corrected chi connectivity index (χ4v) is 1.63. The predicted octanol–water partition coefficient (Wildman–Crippen LogP) is 1.64. The first-order valence-corrected chi connectivity index (χ1v) is 5.65. The van der Waals surface area contributed by atoms with Crippen LogP contribution in [-0.2, 0) is 11.3 Å². The van der Waals surface area contributed by atoms with Crippen LogP contribution in [-0.4, -0.2) is 12.5 Å². The molecular weight excluding hydrogens is 216 g/mol. The molecule has 0 radical (unpaired) electrons. The van der Waals surface area contributed by atoms with E-state index in [9.17, 15) is 4.79 Å². The standard InChI is InChI=1S/C13H16N2O2/c1-9(6-14)13(16)15-7-10-8-17-12-5-3-2-4-11(10)12/h2-5,8-9H,6-7,14H2,1H3,(H,15,16). The molecule has 4 heteroatoms. The van der Waals surface area contributed by atoms with Gasteiger partial charge in [-0.25, -0.2) is 0 Å². The summed E-state index contributed by atoms with van der Waals surface area (Å²) in [7, 11) is 0. The minimum atomic E-state index is -0.159. The van der Waals surface area contributed by atoms with Crippen molar-refractivity contribution in [2.24, 2.45) is 11.7 Å². The molecule has 4 nitrogen and oxygen atoms in total. The van der Waals surface area contributed by atoms with Crippen molar-refractivity contribution < 1.29 is 9.21 Å². The Hall–Kier alpha value is -1.81. The monoisotopic (exact) mass is 232 g/mol. The van der Waals surface area contributed by atoms with Crippen LogP contribution in [0.3, 0.4) is 0 Å². The zero-order chi connectivity index (χ0) is 12.3. The van der Waals surface area contributed by atoms with E-state index in [1.165, 1.54) is 0 Å². The highest BCUT2D eigenvalue weighted by molar-refractivity contribution is 5.82. The summed E-state index contributed by atoms with van der Waals surface area (Å²) >= 11 is 0. The topological polar surface area (TPSA) is 68.3 Å². The molecule has 1 unspecified atom stereocenters. The molecule has 0 spiro atoms. The Bertz CT molecular complexity index is 519. The number of hydrogen-bond donors (Lipinski definition) is 2. The van der Waals surface area contributed by atoms with E-state index in [1.807, 2.05) is 31.2 Å². The summed E-state index contributed by atoms with van der Waals surface area (Å²) in [5.74, 6) is -0.189. The summed E-state index contributed by atoms with van der Waals surface area (Å²) in [6.07, 6.45) is 1.68. The summed E-state index contributed by atoms with van der Waals surface area (Å²) in [5, 5.41) is 3.88. The molecule has 1 amide bonds. The minimum absolute atomic E-state index is 0.0298. The molecule has 0 aliphatic heterocycles. The van der Waals surface area contributed by atoms with E-state index >= 15 is 0 Å². The third-order valence-electron chi connectivity index (χ3n) is 2.82. The van der Waals surface area contributed by atoms with Gasteiger partial charge in [-0.2, -0.15) is 0 Å². The molecule has 17 heavy (non-hydrogen) atoms. The molecule has 0 bridgehead atoms. The van der Waals surface area contributed by atoms with Crippen molar-refractivity contribution in [2.45, 2.75) is 13.5 Å². The molecule has 0 saturated heterocycles. The zero-order valence-electron chi connectivity index (χ0n) is 9.77. The Labute approximate surface area is 99.8 Å². The number of benzene rings is 1. The molecule has 2 rings (SSSR count). The summed E-state index contributed by atoms with van der Waals surface area (Å²) in [6, 6.07) is 7.76. The highest BCUT2D eigenvalue weighted by Gasteiger charge is 2.11. The van der Waals surface area contributed by atoms with Gasteiger partial charge in [-0.05, 0) is 6.07 Å². The van der Waals surface area contributed by atoms with Crippen LogP contribution in [0.2, 0.25) is 0 Å². The molecule has 1 aromatic carbocycles. The van der Waals surface area contributed by atoms with Gasteiger partial charge in [0.05, 0.1) is 6.26 Å². The number of hydrogen-bond acceptors (Lipinski definition) is 3. The Morgan fingerprint density at radius 3 is 3.00 bits per heavy atom. The second kappa shape index (κ2) is 5.01. The van der Waals surface area contributed by atoms with Gasteiger partial charge in [-0.15, -0.1) is 0 Å². The lowest BCUT2D eigenvalue weighted by molar-refractivity contribution is -0.124. The molecule has 0 saturated carbocycles. The second-order valence-corrected chi connectivity index (χ2v) is 4.11. The average molecular weight is 232 g/mol. The maximum absolute atomic E-state index is 11.6. The van der Waals surface area contributed by atoms with Gasteiger partial charge in [0.2, 0.25) is 5.91 Å². The van der Waals surface area contributed by atoms with Crippen molar-refractivity contribution in [1.82, 2.24) is 5.32 Å². The molecule has 0 aliphatic rings. The third-order valence-corrected chi connectivity index (χ3v) is 2.82. The van der Waals surface area contributed by atoms with E-state index in [2.05, 4.69) is 5.32 Å². The highest BCUT2D eigenvalue weighted by atomic mass is 16.3. The lowest BCUT2D eigenvalue weighted by atomic mass is 10.1. The zero-order valence-corrected chi connectivity index (χ0v) is 9.77. The van der Waals surface area contributed by atoms with E-state index < -0.39 is 0 Å². The molecule has 1 atom stereocenters. The van der Waals surface area contributed by atoms with Crippen LogP contribution >= 0.6 is 0 Å². The normalized spacial score (nSPS) is 12.6. The van der Waals surface area contributed by atoms with Gasteiger partial charge in [0.25, 0.3) is 0 Å². The molecular formula is C13H16N2O2. The van der Waals surface area contributed by atoms with Crippen LogP contribution in [0.5, 0.6) is 0 Å². The second-order valence-electron chi connectivity index (χ2n) is 4.11. The van der Waals surface area contributed by atoms with Crippen molar-refractivity contribution in [3.63, 3.8) is 0 Å². The van der Waals surface area contributed by atoms with Gasteiger partial charge in [0, 0.05) is 30.0 Å². The van der Waals surface area contributed by atoms with E-state index in [0.717, 1.165) is 16.5 Å². The molecule has 2 aromatic rings. The summed E-state index contributed by atoms with van der Waals surface area (Å²) < 4.78 is 5.39. The molecule has 1 aromatic heterocycles. The fourth-order valence-electron chi connectivity index (χ4n) is 1.63. The van der Waals surface area contributed by atoms with Crippen LogP contribution in [0.15, 0.2) is 34.9 Å². The summed E-state index contributed by atoms with van der Waals surface area (Å²) in [5.41, 5.74) is 7.25. The van der Waals surface area contributed by atoms with Gasteiger partial charge in [-0.3, -0.25) is 4.79 Å². The summed E-state index contributed by atoms with van der Waals surface area (Å²) in [4.78, 5) is 11.6. The van der Waals surface area contributed by atoms with Crippen molar-refractivity contribution in [3.8, 4) is 0 Å². The van der Waals surface area contributed by atoms with Gasteiger partial charge in [0.1, 0.15) is 5.58 Å². The number of amides is 1. The first-order chi connectivity index (χ1) is 8.22. The summed E-state index contributed by atoms with van der Waals surface area (Å²) in [6.45, 7) is 2.64. The van der Waals surface area contributed by atoms with Gasteiger partial charge >= 0.3 is 0 Å². The lowest BCUT2D eigenvalue weighted by Crippen LogP contribution is -2.32. The number of furan rings is 1. The SMILES string of the molecule is CC(CN)C(=O)NCc1coc2ccccc12. The number of para-hydroxylation sites is 1. The average Bonchev–Trinajstić information content (AvgIpc) is 2.78. The first kappa shape index (κ1) is 11.7. The maximum atomic E-state index is 11.6. The smallest absolute Gasteiger partial charge is 0.224 e. The number of nitrogens with one attached hydrogen (secondary N) is 1. The van der Waals surface area contributed by atoms with Crippen molar-refractivity contribution in [1.29, 1.82) is 0 Å². The van der Waals surface area contributed by atoms with E-state index in [-0.39, 0.29) is 11.8 Å². The molecule has 0 aliphatic carbocycles. The highest BCUT2D eigenvalue weighted by Crippen LogP contribution is 2.20. The molecule has 90 valence electrons. The Kier molecular flexibility index (Phi) is 3.44. The maximum Gasteiger partial charge on any atom is 0.224 e. The van der Waals surface area contributed by atoms with Crippen molar-refractivity contribution >= 4 is 16.9 Å². The Balaban J connectivity index is 2.07. The fraction of sp³-hybridized carbons (Fsp3) is 0.308. The van der Waals surface area contributed by atoms with Crippen LogP contribution in [0.4, 0.5) is 0 Å². The van der Waals surface area contributed by atoms with Crippen molar-refractivity contribution in [2.75, 3.05) is 6.54 Å². The third kappa shape index (κ3) is 2.47. The first-order valence-electron chi connectivity index (χ1n) is 5.65. The van der Waals surface area contributed by atoms with Crippen LogP contribution < -0.4 is 11.1 Å². The van der Waals surface area contributed by atoms with Crippen LogP contribution in [0.25, 0.3) is 11.0 Å². The van der Waals surface area contributed by atoms with E-state index in [4.69, 9.17) is 10.2 Å². The van der Waals surface area contributed by atoms with Crippen LogP contribution in [0, 0.1) is 5.92 Å². The van der Waals surface area contributed by atoms with Crippen LogP contribution in [0.1, 0.15) is 12.5 Å². The Morgan fingerprint density at radius 2 is 2.24 bits per heavy atom. The lowest BCUT2D eigenvalue weighted by Gasteiger charge is -2.08. The van der Waals surface area contributed by atoms with Gasteiger partial charge in [0.15, 0.2) is 0 Å². The minimum Gasteiger partial charge on any atom is -0.464 e. The number of carbonyl (C=O) groups is 1. The molecule has 0 fully saturated rings. The number of rotatable bonds is 4. The van der Waals surface area contributed by atoms with E-state index in [1.54, 1.807) is 6.26 Å². The largest absolute Gasteiger partial charge is 0.464 e. The molecule has 3 N–H and O–H groups in total. The van der Waals surface area contributed by atoms with Gasteiger partial charge in [-0.1, -0.05) is 25.1 Å². The number of carbonyl (C=O) groups excluding carboxylic acids is 1. The number of fused-ring (bicyclic) bond motifs is 1. The molecule has 1 heterocycles. The van der Waals surface area contributed by atoms with Crippen molar-refractivity contribution in [3.05, 3.63) is 36.1 Å². The quantitative estimate of drug-likeness (QED) is 0.842. The predicted molar refractivity (Wildman–Crippen MR) is 66.3 cm³/mol. The van der Waals surface area contributed by atoms with Gasteiger partial charge < -0.3 is 15.5 Å². The van der Waals surface area contributed by atoms with E-state index in [0.29, 0.717) is 13.1 Å².